The molecule has 0 aliphatic rings. The molecule has 0 radical (unpaired) electrons. The topological polar surface area (TPSA) is 87.0 Å². The van der Waals surface area contributed by atoms with E-state index in [0.717, 1.165) is 0 Å². The van der Waals surface area contributed by atoms with Gasteiger partial charge in [0.05, 0.1) is 0 Å². The van der Waals surface area contributed by atoms with Gasteiger partial charge >= 0.3 is 12.1 Å². The third-order valence-electron chi connectivity index (χ3n) is 3.94. The maximum absolute atomic E-state index is 13.1. The summed E-state index contributed by atoms with van der Waals surface area (Å²) in [6, 6.07) is 15.7. The predicted octanol–water partition coefficient (Wildman–Crippen LogP) is 5.11. The van der Waals surface area contributed by atoms with Gasteiger partial charge in [-0.3, -0.25) is 0 Å². The van der Waals surface area contributed by atoms with Crippen molar-refractivity contribution in [2.45, 2.75) is 20.9 Å². The van der Waals surface area contributed by atoms with Crippen molar-refractivity contribution < 1.29 is 37.5 Å². The molecule has 0 amide bonds. The van der Waals surface area contributed by atoms with Crippen LogP contribution in [0.15, 0.2) is 87.5 Å². The standard InChI is InChI=1S/C20H15F3O5S/c21-20(22,23)19(27)28-29(16-7-1-13(24)2-8-16,17-9-3-14(25)4-10-17)18-11-5-15(26)6-12-18/h1-12,24-26H. The molecule has 0 heterocycles. The van der Waals surface area contributed by atoms with Gasteiger partial charge in [0.25, 0.3) is 0 Å². The van der Waals surface area contributed by atoms with E-state index in [-0.39, 0.29) is 31.9 Å². The van der Waals surface area contributed by atoms with E-state index < -0.39 is 22.5 Å². The molecule has 0 aliphatic heterocycles. The fourth-order valence-corrected chi connectivity index (χ4v) is 5.61. The van der Waals surface area contributed by atoms with Gasteiger partial charge in [0, 0.05) is 14.7 Å². The zero-order valence-corrected chi connectivity index (χ0v) is 15.4. The number of rotatable bonds is 4. The summed E-state index contributed by atoms with van der Waals surface area (Å²) in [5, 5.41) is 28.8. The minimum Gasteiger partial charge on any atom is -0.508 e. The van der Waals surface area contributed by atoms with Gasteiger partial charge in [0.1, 0.15) is 17.2 Å². The predicted molar refractivity (Wildman–Crippen MR) is 98.9 cm³/mol. The smallest absolute Gasteiger partial charge is 0.491 e. The quantitative estimate of drug-likeness (QED) is 0.542. The van der Waals surface area contributed by atoms with Gasteiger partial charge < -0.3 is 19.5 Å². The van der Waals surface area contributed by atoms with Crippen LogP contribution in [0.4, 0.5) is 13.2 Å². The first-order valence-electron chi connectivity index (χ1n) is 8.14. The van der Waals surface area contributed by atoms with Crippen molar-refractivity contribution in [2.24, 2.45) is 0 Å². The third kappa shape index (κ3) is 4.09. The Morgan fingerprint density at radius 2 is 0.931 bits per heavy atom. The zero-order chi connectivity index (χ0) is 21.2. The molecule has 5 nitrogen and oxygen atoms in total. The number of hydrogen-bond acceptors (Lipinski definition) is 5. The van der Waals surface area contributed by atoms with Crippen LogP contribution < -0.4 is 0 Å². The van der Waals surface area contributed by atoms with Crippen LogP contribution in [0, 0.1) is 0 Å². The molecular formula is C20H15F3O5S. The molecule has 0 fully saturated rings. The average Bonchev–Trinajstić information content (AvgIpc) is 2.67. The van der Waals surface area contributed by atoms with Gasteiger partial charge in [0.15, 0.2) is 0 Å². The lowest BCUT2D eigenvalue weighted by Crippen LogP contribution is -2.27. The van der Waals surface area contributed by atoms with Crippen LogP contribution in [0.2, 0.25) is 0 Å². The van der Waals surface area contributed by atoms with E-state index in [1.54, 1.807) is 0 Å². The van der Waals surface area contributed by atoms with E-state index >= 15 is 0 Å². The van der Waals surface area contributed by atoms with Gasteiger partial charge in [-0.15, -0.1) is 0 Å². The molecule has 3 rings (SSSR count). The fourth-order valence-electron chi connectivity index (χ4n) is 2.63. The summed E-state index contributed by atoms with van der Waals surface area (Å²) in [4.78, 5) is 12.5. The van der Waals surface area contributed by atoms with Gasteiger partial charge in [0.2, 0.25) is 0 Å². The Balaban J connectivity index is 2.33. The molecule has 0 unspecified atom stereocenters. The van der Waals surface area contributed by atoms with E-state index in [0.29, 0.717) is 0 Å². The largest absolute Gasteiger partial charge is 0.508 e. The zero-order valence-electron chi connectivity index (χ0n) is 14.6. The third-order valence-corrected chi connectivity index (χ3v) is 7.15. The summed E-state index contributed by atoms with van der Waals surface area (Å²) >= 11 is 0. The molecule has 0 spiro atoms. The Kier molecular flexibility index (Phi) is 5.34. The second-order valence-corrected chi connectivity index (χ2v) is 8.60. The van der Waals surface area contributed by atoms with Gasteiger partial charge in [-0.05, 0) is 83.1 Å². The lowest BCUT2D eigenvalue weighted by atomic mass is 10.3. The second-order valence-electron chi connectivity index (χ2n) is 5.91. The lowest BCUT2D eigenvalue weighted by Gasteiger charge is -2.39. The molecule has 152 valence electrons. The number of hydrogen-bond donors (Lipinski definition) is 3. The van der Waals surface area contributed by atoms with Crippen molar-refractivity contribution in [3.8, 4) is 17.2 Å². The Bertz CT molecular complexity index is 889. The SMILES string of the molecule is O=C(OS(c1ccc(O)cc1)(c1ccc(O)cc1)c1ccc(O)cc1)C(F)(F)F. The van der Waals surface area contributed by atoms with Crippen LogP contribution in [0.3, 0.4) is 0 Å². The normalized spacial score (nSPS) is 12.4. The van der Waals surface area contributed by atoms with Crippen molar-refractivity contribution >= 4 is 16.3 Å². The highest BCUT2D eigenvalue weighted by Crippen LogP contribution is 2.69. The van der Waals surface area contributed by atoms with Crippen molar-refractivity contribution in [1.29, 1.82) is 0 Å². The fraction of sp³-hybridized carbons (Fsp3) is 0.0500. The molecule has 3 aromatic carbocycles. The molecule has 0 bridgehead atoms. The van der Waals surface area contributed by atoms with E-state index in [9.17, 15) is 33.3 Å². The van der Waals surface area contributed by atoms with E-state index in [2.05, 4.69) is 0 Å². The lowest BCUT2D eigenvalue weighted by molar-refractivity contribution is -0.188. The number of carbonyl (C=O) groups excluding carboxylic acids is 1. The molecule has 3 aromatic rings. The molecule has 29 heavy (non-hydrogen) atoms. The monoisotopic (exact) mass is 424 g/mol. The Labute approximate surface area is 165 Å². The highest BCUT2D eigenvalue weighted by atomic mass is 32.3. The molecule has 3 N–H and O–H groups in total. The van der Waals surface area contributed by atoms with Crippen LogP contribution in [0.1, 0.15) is 0 Å². The summed E-state index contributed by atoms with van der Waals surface area (Å²) in [7, 11) is -3.27. The number of benzene rings is 3. The van der Waals surface area contributed by atoms with Gasteiger partial charge in [-0.1, -0.05) is 0 Å². The number of halogens is 3. The first kappa shape index (κ1) is 20.4. The number of phenolic OH excluding ortho intramolecular Hbond substituents is 3. The summed E-state index contributed by atoms with van der Waals surface area (Å²) in [5.74, 6) is -2.76. The molecule has 0 saturated heterocycles. The van der Waals surface area contributed by atoms with Crippen LogP contribution in [0.25, 0.3) is 0 Å². The Hall–Kier alpha value is -3.33. The highest BCUT2D eigenvalue weighted by molar-refractivity contribution is 8.30. The minimum absolute atomic E-state index is 0.124. The van der Waals surface area contributed by atoms with Gasteiger partial charge in [-0.25, -0.2) is 4.79 Å². The van der Waals surface area contributed by atoms with E-state index in [4.69, 9.17) is 4.18 Å². The molecule has 0 aromatic heterocycles. The van der Waals surface area contributed by atoms with E-state index in [1.165, 1.54) is 72.8 Å². The Morgan fingerprint density at radius 1 is 0.655 bits per heavy atom. The maximum Gasteiger partial charge on any atom is 0.491 e. The minimum atomic E-state index is -5.25. The highest BCUT2D eigenvalue weighted by Gasteiger charge is 2.47. The summed E-state index contributed by atoms with van der Waals surface area (Å²) in [6.07, 6.45) is -5.25. The average molecular weight is 424 g/mol. The van der Waals surface area contributed by atoms with Crippen molar-refractivity contribution in [1.82, 2.24) is 0 Å². The van der Waals surface area contributed by atoms with Crippen molar-refractivity contribution in [2.75, 3.05) is 0 Å². The second kappa shape index (κ2) is 7.59. The van der Waals surface area contributed by atoms with E-state index in [1.807, 2.05) is 0 Å². The van der Waals surface area contributed by atoms with Crippen LogP contribution >= 0.6 is 10.3 Å². The van der Waals surface area contributed by atoms with Crippen LogP contribution in [-0.4, -0.2) is 27.5 Å². The van der Waals surface area contributed by atoms with Crippen molar-refractivity contribution in [3.63, 3.8) is 0 Å². The molecule has 9 heteroatoms. The first-order chi connectivity index (χ1) is 13.6. The molecular weight excluding hydrogens is 409 g/mol. The maximum atomic E-state index is 13.1. The summed E-state index contributed by atoms with van der Waals surface area (Å²) in [5.41, 5.74) is 0. The summed E-state index contributed by atoms with van der Waals surface area (Å²) in [6.45, 7) is 0. The summed E-state index contributed by atoms with van der Waals surface area (Å²) < 4.78 is 44.6. The number of carbonyl (C=O) groups is 1. The van der Waals surface area contributed by atoms with Crippen molar-refractivity contribution in [3.05, 3.63) is 72.8 Å². The molecule has 0 saturated carbocycles. The Morgan fingerprint density at radius 3 is 1.17 bits per heavy atom. The number of phenols is 3. The van der Waals surface area contributed by atoms with Crippen LogP contribution in [0.5, 0.6) is 17.2 Å². The molecule has 0 aliphatic carbocycles. The molecule has 0 atom stereocenters. The van der Waals surface area contributed by atoms with Crippen LogP contribution in [-0.2, 0) is 8.98 Å². The number of alkyl halides is 3. The van der Waals surface area contributed by atoms with Gasteiger partial charge in [-0.2, -0.15) is 13.2 Å². The first-order valence-corrected chi connectivity index (χ1v) is 9.70. The number of aromatic hydroxyl groups is 3.